The molecule has 0 saturated heterocycles. The van der Waals surface area contributed by atoms with E-state index in [4.69, 9.17) is 0 Å². The van der Waals surface area contributed by atoms with Crippen molar-refractivity contribution >= 4 is 23.8 Å². The van der Waals surface area contributed by atoms with Crippen LogP contribution in [0.5, 0.6) is 0 Å². The van der Waals surface area contributed by atoms with Gasteiger partial charge in [0.05, 0.1) is 6.67 Å². The van der Waals surface area contributed by atoms with E-state index in [1.807, 2.05) is 0 Å². The molecule has 2 nitrogen and oxygen atoms in total. The number of hydrogen-bond donors (Lipinski definition) is 0. The molecule has 0 atom stereocenters. The lowest BCUT2D eigenvalue weighted by molar-refractivity contribution is 0.975. The second-order valence-electron chi connectivity index (χ2n) is 5.05. The fourth-order valence-corrected chi connectivity index (χ4v) is 2.23. The second kappa shape index (κ2) is 6.02. The summed E-state index contributed by atoms with van der Waals surface area (Å²) in [7, 11) is 0. The Balaban J connectivity index is 0.00000147. The van der Waals surface area contributed by atoms with Crippen LogP contribution < -0.4 is 9.80 Å². The summed E-state index contributed by atoms with van der Waals surface area (Å²) in [5.74, 6) is 0. The third kappa shape index (κ3) is 2.97. The predicted molar refractivity (Wildman–Crippen MR) is 88.6 cm³/mol. The quantitative estimate of drug-likeness (QED) is 0.803. The minimum Gasteiger partial charge on any atom is -0.328 e. The van der Waals surface area contributed by atoms with Gasteiger partial charge in [-0.25, -0.2) is 0 Å². The fraction of sp³-hybridized carbons (Fsp3) is 0.176. The molecule has 0 aliphatic carbocycles. The van der Waals surface area contributed by atoms with Gasteiger partial charge in [-0.3, -0.25) is 0 Å². The van der Waals surface area contributed by atoms with Crippen LogP contribution in [0.15, 0.2) is 60.9 Å². The van der Waals surface area contributed by atoms with E-state index in [0.29, 0.717) is 0 Å². The lowest BCUT2D eigenvalue weighted by Crippen LogP contribution is -2.24. The summed E-state index contributed by atoms with van der Waals surface area (Å²) in [6, 6.07) is 17.3. The van der Waals surface area contributed by atoms with Gasteiger partial charge in [-0.05, 0) is 38.1 Å². The SMILES string of the molecule is Cc1ccc(N2C=CN(c3ccc(C)cc3)C2)cc1.Cl. The van der Waals surface area contributed by atoms with Gasteiger partial charge >= 0.3 is 0 Å². The van der Waals surface area contributed by atoms with Crippen LogP contribution in [0.2, 0.25) is 0 Å². The fourth-order valence-electron chi connectivity index (χ4n) is 2.23. The van der Waals surface area contributed by atoms with E-state index in [9.17, 15) is 0 Å². The van der Waals surface area contributed by atoms with Crippen molar-refractivity contribution in [2.75, 3.05) is 16.5 Å². The molecular weight excluding hydrogens is 268 g/mol. The smallest absolute Gasteiger partial charge is 0.0989 e. The molecule has 1 aliphatic heterocycles. The highest BCUT2D eigenvalue weighted by atomic mass is 35.5. The van der Waals surface area contributed by atoms with E-state index >= 15 is 0 Å². The number of rotatable bonds is 2. The molecular formula is C17H19ClN2. The van der Waals surface area contributed by atoms with Gasteiger partial charge in [-0.1, -0.05) is 35.4 Å². The third-order valence-corrected chi connectivity index (χ3v) is 3.46. The summed E-state index contributed by atoms with van der Waals surface area (Å²) < 4.78 is 0. The zero-order valence-electron chi connectivity index (χ0n) is 11.8. The Kier molecular flexibility index (Phi) is 4.35. The third-order valence-electron chi connectivity index (χ3n) is 3.46. The zero-order valence-corrected chi connectivity index (χ0v) is 12.6. The van der Waals surface area contributed by atoms with E-state index in [0.717, 1.165) is 6.67 Å². The molecule has 0 unspecified atom stereocenters. The molecule has 0 N–H and O–H groups in total. The van der Waals surface area contributed by atoms with Crippen LogP contribution in [0.3, 0.4) is 0 Å². The summed E-state index contributed by atoms with van der Waals surface area (Å²) in [6.07, 6.45) is 4.26. The van der Waals surface area contributed by atoms with Crippen LogP contribution in [-0.4, -0.2) is 6.67 Å². The van der Waals surface area contributed by atoms with Gasteiger partial charge in [0.2, 0.25) is 0 Å². The first-order chi connectivity index (χ1) is 9.22. The molecule has 0 spiro atoms. The van der Waals surface area contributed by atoms with Crippen molar-refractivity contribution in [1.29, 1.82) is 0 Å². The first-order valence-electron chi connectivity index (χ1n) is 6.57. The Morgan fingerprint density at radius 1 is 0.650 bits per heavy atom. The summed E-state index contributed by atoms with van der Waals surface area (Å²) in [5.41, 5.74) is 5.05. The van der Waals surface area contributed by atoms with Crippen molar-refractivity contribution < 1.29 is 0 Å². The van der Waals surface area contributed by atoms with Crippen LogP contribution in [0.1, 0.15) is 11.1 Å². The Morgan fingerprint density at radius 2 is 1.00 bits per heavy atom. The molecule has 2 aromatic rings. The maximum Gasteiger partial charge on any atom is 0.0989 e. The second-order valence-corrected chi connectivity index (χ2v) is 5.05. The topological polar surface area (TPSA) is 6.48 Å². The lowest BCUT2D eigenvalue weighted by atomic mass is 10.2. The molecule has 0 amide bonds. The highest BCUT2D eigenvalue weighted by molar-refractivity contribution is 5.85. The van der Waals surface area contributed by atoms with Crippen molar-refractivity contribution in [2.24, 2.45) is 0 Å². The molecule has 0 saturated carbocycles. The maximum atomic E-state index is 2.25. The Bertz CT molecular complexity index is 534. The molecule has 104 valence electrons. The van der Waals surface area contributed by atoms with Crippen LogP contribution in [0, 0.1) is 13.8 Å². The average molecular weight is 287 g/mol. The van der Waals surface area contributed by atoms with Crippen LogP contribution >= 0.6 is 12.4 Å². The van der Waals surface area contributed by atoms with Gasteiger partial charge in [-0.15, -0.1) is 12.4 Å². The van der Waals surface area contributed by atoms with Gasteiger partial charge in [0, 0.05) is 23.8 Å². The maximum absolute atomic E-state index is 2.25. The van der Waals surface area contributed by atoms with E-state index in [-0.39, 0.29) is 12.4 Å². The van der Waals surface area contributed by atoms with E-state index < -0.39 is 0 Å². The molecule has 20 heavy (non-hydrogen) atoms. The first-order valence-corrected chi connectivity index (χ1v) is 6.57. The number of aryl methyl sites for hydroxylation is 2. The zero-order chi connectivity index (χ0) is 13.2. The number of nitrogens with zero attached hydrogens (tertiary/aromatic N) is 2. The summed E-state index contributed by atoms with van der Waals surface area (Å²) in [6.45, 7) is 5.09. The standard InChI is InChI=1S/C17H18N2.ClH/c1-14-3-7-16(8-4-14)18-11-12-19(13-18)17-9-5-15(2)6-10-17;/h3-12H,13H2,1-2H3;1H. The molecule has 1 heterocycles. The molecule has 3 heteroatoms. The molecule has 2 aromatic carbocycles. The van der Waals surface area contributed by atoms with Gasteiger partial charge in [0.1, 0.15) is 0 Å². The van der Waals surface area contributed by atoms with Crippen molar-refractivity contribution in [3.8, 4) is 0 Å². The summed E-state index contributed by atoms with van der Waals surface area (Å²) >= 11 is 0. The monoisotopic (exact) mass is 286 g/mol. The number of anilines is 2. The molecule has 0 radical (unpaired) electrons. The van der Waals surface area contributed by atoms with E-state index in [2.05, 4.69) is 84.6 Å². The van der Waals surface area contributed by atoms with Gasteiger partial charge in [-0.2, -0.15) is 0 Å². The highest BCUT2D eigenvalue weighted by Crippen LogP contribution is 2.24. The normalized spacial score (nSPS) is 13.5. The Labute approximate surface area is 126 Å². The van der Waals surface area contributed by atoms with Crippen molar-refractivity contribution in [1.82, 2.24) is 0 Å². The van der Waals surface area contributed by atoms with Crippen molar-refractivity contribution in [2.45, 2.75) is 13.8 Å². The van der Waals surface area contributed by atoms with Crippen LogP contribution in [-0.2, 0) is 0 Å². The molecule has 0 bridgehead atoms. The molecule has 0 aromatic heterocycles. The van der Waals surface area contributed by atoms with E-state index in [1.165, 1.54) is 22.5 Å². The van der Waals surface area contributed by atoms with Gasteiger partial charge in [0.15, 0.2) is 0 Å². The van der Waals surface area contributed by atoms with Crippen molar-refractivity contribution in [3.05, 3.63) is 72.1 Å². The Hall–Kier alpha value is -1.93. The summed E-state index contributed by atoms with van der Waals surface area (Å²) in [4.78, 5) is 4.50. The average Bonchev–Trinajstić information content (AvgIpc) is 2.90. The Morgan fingerprint density at radius 3 is 1.35 bits per heavy atom. The lowest BCUT2D eigenvalue weighted by Gasteiger charge is -2.21. The minimum atomic E-state index is 0. The highest BCUT2D eigenvalue weighted by Gasteiger charge is 2.14. The first kappa shape index (κ1) is 14.5. The van der Waals surface area contributed by atoms with Crippen molar-refractivity contribution in [3.63, 3.8) is 0 Å². The molecule has 3 rings (SSSR count). The number of benzene rings is 2. The number of hydrogen-bond acceptors (Lipinski definition) is 2. The van der Waals surface area contributed by atoms with E-state index in [1.54, 1.807) is 0 Å². The minimum absolute atomic E-state index is 0. The van der Waals surface area contributed by atoms with Gasteiger partial charge in [0.25, 0.3) is 0 Å². The van der Waals surface area contributed by atoms with Gasteiger partial charge < -0.3 is 9.80 Å². The number of halogens is 1. The van der Waals surface area contributed by atoms with Crippen LogP contribution in [0.4, 0.5) is 11.4 Å². The summed E-state index contributed by atoms with van der Waals surface area (Å²) in [5, 5.41) is 0. The molecule has 0 fully saturated rings. The largest absolute Gasteiger partial charge is 0.328 e. The molecule has 1 aliphatic rings. The van der Waals surface area contributed by atoms with Crippen LogP contribution in [0.25, 0.3) is 0 Å². The predicted octanol–water partition coefficient (Wildman–Crippen LogP) is 4.48.